The summed E-state index contributed by atoms with van der Waals surface area (Å²) in [6, 6.07) is 16.5. The summed E-state index contributed by atoms with van der Waals surface area (Å²) in [5.74, 6) is 1.66. The van der Waals surface area contributed by atoms with Crippen molar-refractivity contribution in [1.29, 1.82) is 0 Å². The zero-order valence-corrected chi connectivity index (χ0v) is 20.5. The lowest BCUT2D eigenvalue weighted by atomic mass is 10.1. The normalized spacial score (nSPS) is 14.4. The Morgan fingerprint density at radius 1 is 1.06 bits per heavy atom. The van der Waals surface area contributed by atoms with Crippen LogP contribution in [-0.2, 0) is 9.53 Å². The van der Waals surface area contributed by atoms with Gasteiger partial charge in [-0.05, 0) is 23.8 Å². The maximum Gasteiger partial charge on any atom is 0.234 e. The van der Waals surface area contributed by atoms with E-state index in [0.29, 0.717) is 25.5 Å². The SMILES string of the molecule is COCCNC(=O)CN1CCN(c2nc(-c3cccnc3)nc3sc(-c4ccccc4)cc23)CC1. The highest BCUT2D eigenvalue weighted by Gasteiger charge is 2.23. The van der Waals surface area contributed by atoms with E-state index < -0.39 is 0 Å². The van der Waals surface area contributed by atoms with Crippen LogP contribution in [0.5, 0.6) is 0 Å². The zero-order valence-electron chi connectivity index (χ0n) is 19.7. The fourth-order valence-corrected chi connectivity index (χ4v) is 5.22. The van der Waals surface area contributed by atoms with Gasteiger partial charge >= 0.3 is 0 Å². The Morgan fingerprint density at radius 3 is 2.60 bits per heavy atom. The quantitative estimate of drug-likeness (QED) is 0.381. The van der Waals surface area contributed by atoms with Crippen LogP contribution >= 0.6 is 11.3 Å². The molecule has 1 N–H and O–H groups in total. The molecule has 4 aromatic rings. The lowest BCUT2D eigenvalue weighted by Crippen LogP contribution is -2.50. The van der Waals surface area contributed by atoms with Gasteiger partial charge in [0.25, 0.3) is 0 Å². The van der Waals surface area contributed by atoms with Gasteiger partial charge in [0.1, 0.15) is 10.6 Å². The molecular weight excluding hydrogens is 460 g/mol. The topological polar surface area (TPSA) is 83.5 Å². The molecule has 3 aromatic heterocycles. The van der Waals surface area contributed by atoms with Gasteiger partial charge in [0.05, 0.1) is 18.5 Å². The standard InChI is InChI=1S/C26H28N6O2S/c1-34-15-10-28-23(33)18-31-11-13-32(14-12-31)25-21-16-22(19-6-3-2-4-7-19)35-26(21)30-24(29-25)20-8-5-9-27-17-20/h2-9,16-17H,10-15,18H2,1H3,(H,28,33). The third-order valence-corrected chi connectivity index (χ3v) is 7.10. The van der Waals surface area contributed by atoms with Gasteiger partial charge in [-0.25, -0.2) is 9.97 Å². The number of rotatable bonds is 8. The molecule has 1 aliphatic heterocycles. The summed E-state index contributed by atoms with van der Waals surface area (Å²) in [6.45, 7) is 4.62. The second-order valence-corrected chi connectivity index (χ2v) is 9.44. The Kier molecular flexibility index (Phi) is 7.27. The molecule has 1 amide bonds. The molecule has 0 spiro atoms. The van der Waals surface area contributed by atoms with Crippen LogP contribution in [0.4, 0.5) is 5.82 Å². The number of thiophene rings is 1. The number of carbonyl (C=O) groups is 1. The van der Waals surface area contributed by atoms with E-state index in [2.05, 4.69) is 50.4 Å². The van der Waals surface area contributed by atoms with E-state index in [-0.39, 0.29) is 5.91 Å². The van der Waals surface area contributed by atoms with Crippen molar-refractivity contribution in [3.05, 3.63) is 60.9 Å². The van der Waals surface area contributed by atoms with E-state index in [4.69, 9.17) is 14.7 Å². The lowest BCUT2D eigenvalue weighted by Gasteiger charge is -2.35. The Hall–Kier alpha value is -3.40. The van der Waals surface area contributed by atoms with Crippen molar-refractivity contribution in [3.8, 4) is 21.8 Å². The van der Waals surface area contributed by atoms with Crippen LogP contribution in [-0.4, -0.2) is 78.7 Å². The predicted octanol–water partition coefficient (Wildman–Crippen LogP) is 3.30. The minimum Gasteiger partial charge on any atom is -0.383 e. The number of aromatic nitrogens is 3. The first kappa shape index (κ1) is 23.3. The summed E-state index contributed by atoms with van der Waals surface area (Å²) in [4.78, 5) is 33.0. The van der Waals surface area contributed by atoms with Crippen molar-refractivity contribution < 1.29 is 9.53 Å². The molecule has 0 unspecified atom stereocenters. The monoisotopic (exact) mass is 488 g/mol. The predicted molar refractivity (Wildman–Crippen MR) is 140 cm³/mol. The van der Waals surface area contributed by atoms with Gasteiger partial charge in [-0.15, -0.1) is 11.3 Å². The largest absolute Gasteiger partial charge is 0.383 e. The van der Waals surface area contributed by atoms with E-state index >= 15 is 0 Å². The number of fused-ring (bicyclic) bond motifs is 1. The molecule has 1 fully saturated rings. The molecule has 0 bridgehead atoms. The number of pyridine rings is 1. The van der Waals surface area contributed by atoms with Gasteiger partial charge in [0, 0.05) is 62.7 Å². The number of methoxy groups -OCH3 is 1. The first-order valence-electron chi connectivity index (χ1n) is 11.7. The summed E-state index contributed by atoms with van der Waals surface area (Å²) in [7, 11) is 1.63. The third kappa shape index (κ3) is 5.48. The number of carbonyl (C=O) groups excluding carboxylic acids is 1. The summed E-state index contributed by atoms with van der Waals surface area (Å²) >= 11 is 1.68. The Balaban J connectivity index is 1.40. The maximum absolute atomic E-state index is 12.2. The molecule has 1 saturated heterocycles. The Labute approximate surface area is 208 Å². The average molecular weight is 489 g/mol. The number of nitrogens with zero attached hydrogens (tertiary/aromatic N) is 5. The highest BCUT2D eigenvalue weighted by atomic mass is 32.1. The average Bonchev–Trinajstić information content (AvgIpc) is 3.34. The second kappa shape index (κ2) is 10.9. The molecule has 1 aromatic carbocycles. The summed E-state index contributed by atoms with van der Waals surface area (Å²) in [5, 5.41) is 3.96. The van der Waals surface area contributed by atoms with Crippen LogP contribution in [0.2, 0.25) is 0 Å². The van der Waals surface area contributed by atoms with Crippen molar-refractivity contribution in [2.75, 3.05) is 57.9 Å². The fourth-order valence-electron chi connectivity index (χ4n) is 4.19. The molecule has 9 heteroatoms. The summed E-state index contributed by atoms with van der Waals surface area (Å²) in [6.07, 6.45) is 3.56. The summed E-state index contributed by atoms with van der Waals surface area (Å²) in [5.41, 5.74) is 2.07. The van der Waals surface area contributed by atoms with Crippen LogP contribution in [0, 0.1) is 0 Å². The number of hydrogen-bond donors (Lipinski definition) is 1. The highest BCUT2D eigenvalue weighted by molar-refractivity contribution is 7.22. The van der Waals surface area contributed by atoms with Crippen molar-refractivity contribution in [2.24, 2.45) is 0 Å². The Bertz CT molecular complexity index is 1270. The van der Waals surface area contributed by atoms with Gasteiger partial charge in [0.15, 0.2) is 5.82 Å². The minimum absolute atomic E-state index is 0.0316. The van der Waals surface area contributed by atoms with Gasteiger partial charge in [-0.2, -0.15) is 0 Å². The smallest absolute Gasteiger partial charge is 0.234 e. The third-order valence-electron chi connectivity index (χ3n) is 6.02. The summed E-state index contributed by atoms with van der Waals surface area (Å²) < 4.78 is 5.00. The van der Waals surface area contributed by atoms with Crippen molar-refractivity contribution in [2.45, 2.75) is 0 Å². The van der Waals surface area contributed by atoms with E-state index in [1.807, 2.05) is 18.2 Å². The van der Waals surface area contributed by atoms with Crippen molar-refractivity contribution >= 4 is 33.3 Å². The van der Waals surface area contributed by atoms with Gasteiger partial charge in [-0.3, -0.25) is 14.7 Å². The van der Waals surface area contributed by atoms with Crippen LogP contribution in [0.3, 0.4) is 0 Å². The number of ether oxygens (including phenoxy) is 1. The number of benzene rings is 1. The molecule has 0 saturated carbocycles. The van der Waals surface area contributed by atoms with Gasteiger partial charge in [0.2, 0.25) is 5.91 Å². The highest BCUT2D eigenvalue weighted by Crippen LogP contribution is 2.38. The van der Waals surface area contributed by atoms with Crippen molar-refractivity contribution in [3.63, 3.8) is 0 Å². The fraction of sp³-hybridized carbons (Fsp3) is 0.308. The van der Waals surface area contributed by atoms with E-state index in [1.54, 1.807) is 30.8 Å². The van der Waals surface area contributed by atoms with Gasteiger partial charge < -0.3 is 15.0 Å². The van der Waals surface area contributed by atoms with Gasteiger partial charge in [-0.1, -0.05) is 30.3 Å². The first-order chi connectivity index (χ1) is 17.2. The van der Waals surface area contributed by atoms with E-state index in [9.17, 15) is 4.79 Å². The first-order valence-corrected chi connectivity index (χ1v) is 12.5. The number of amides is 1. The molecule has 1 aliphatic rings. The number of anilines is 1. The van der Waals surface area contributed by atoms with E-state index in [1.165, 1.54) is 10.4 Å². The van der Waals surface area contributed by atoms with Crippen LogP contribution in [0.1, 0.15) is 0 Å². The van der Waals surface area contributed by atoms with Crippen molar-refractivity contribution in [1.82, 2.24) is 25.2 Å². The van der Waals surface area contributed by atoms with Crippen LogP contribution < -0.4 is 10.2 Å². The molecule has 5 rings (SSSR count). The molecule has 4 heterocycles. The zero-order chi connectivity index (χ0) is 24.0. The lowest BCUT2D eigenvalue weighted by molar-refractivity contribution is -0.122. The second-order valence-electron chi connectivity index (χ2n) is 8.41. The molecule has 0 atom stereocenters. The van der Waals surface area contributed by atoms with Crippen LogP contribution in [0.25, 0.3) is 32.0 Å². The molecule has 0 aliphatic carbocycles. The molecule has 0 radical (unpaired) electrons. The van der Waals surface area contributed by atoms with E-state index in [0.717, 1.165) is 47.8 Å². The number of nitrogens with one attached hydrogen (secondary N) is 1. The maximum atomic E-state index is 12.2. The molecular formula is C26H28N6O2S. The number of hydrogen-bond acceptors (Lipinski definition) is 8. The molecule has 35 heavy (non-hydrogen) atoms. The minimum atomic E-state index is 0.0316. The number of piperazine rings is 1. The Morgan fingerprint density at radius 2 is 1.86 bits per heavy atom. The van der Waals surface area contributed by atoms with Crippen LogP contribution in [0.15, 0.2) is 60.9 Å². The molecule has 180 valence electrons. The molecule has 8 nitrogen and oxygen atoms in total.